The number of nitrogens with one attached hydrogen (secondary N) is 1. The minimum atomic E-state index is 0.284. The van der Waals surface area contributed by atoms with E-state index in [-0.39, 0.29) is 5.41 Å². The Hall–Kier alpha value is -0.340. The Balaban J connectivity index is 1.76. The third-order valence-electron chi connectivity index (χ3n) is 3.66. The van der Waals surface area contributed by atoms with Crippen LogP contribution in [0.2, 0.25) is 0 Å². The van der Waals surface area contributed by atoms with Crippen LogP contribution in [0.4, 0.5) is 0 Å². The van der Waals surface area contributed by atoms with Gasteiger partial charge in [-0.1, -0.05) is 32.8 Å². The highest BCUT2D eigenvalue weighted by Gasteiger charge is 2.22. The van der Waals surface area contributed by atoms with Gasteiger partial charge in [-0.25, -0.2) is 0 Å². The molecule has 0 bridgehead atoms. The van der Waals surface area contributed by atoms with E-state index in [1.165, 1.54) is 37.1 Å². The van der Waals surface area contributed by atoms with Crippen molar-refractivity contribution in [2.24, 2.45) is 5.92 Å². The summed E-state index contributed by atoms with van der Waals surface area (Å²) in [5, 5.41) is 5.84. The third-order valence-corrected chi connectivity index (χ3v) is 4.90. The molecule has 0 atom stereocenters. The molecule has 1 nitrogen and oxygen atoms in total. The van der Waals surface area contributed by atoms with Crippen LogP contribution in [-0.2, 0) is 5.41 Å². The molecule has 1 aliphatic carbocycles. The van der Waals surface area contributed by atoms with Crippen molar-refractivity contribution < 1.29 is 0 Å². The van der Waals surface area contributed by atoms with Gasteiger partial charge in [0, 0.05) is 16.8 Å². The van der Waals surface area contributed by atoms with Gasteiger partial charge in [-0.2, -0.15) is 0 Å². The summed E-state index contributed by atoms with van der Waals surface area (Å²) in [4.78, 5) is 1.49. The summed E-state index contributed by atoms with van der Waals surface area (Å²) in [7, 11) is 0. The fraction of sp³-hybridized carbons (Fsp3) is 0.714. The molecule has 1 aromatic rings. The largest absolute Gasteiger partial charge is 0.316 e. The van der Waals surface area contributed by atoms with Crippen LogP contribution in [-0.4, -0.2) is 13.1 Å². The predicted octanol–water partition coefficient (Wildman–Crippen LogP) is 3.81. The van der Waals surface area contributed by atoms with Crippen molar-refractivity contribution in [3.63, 3.8) is 0 Å². The molecule has 1 heterocycles. The topological polar surface area (TPSA) is 12.0 Å². The van der Waals surface area contributed by atoms with Gasteiger partial charge in [0.1, 0.15) is 0 Å². The number of rotatable bonds is 5. The van der Waals surface area contributed by atoms with E-state index < -0.39 is 0 Å². The van der Waals surface area contributed by atoms with Crippen LogP contribution >= 0.6 is 11.3 Å². The Morgan fingerprint density at radius 2 is 2.12 bits per heavy atom. The molecule has 1 fully saturated rings. The van der Waals surface area contributed by atoms with Crippen molar-refractivity contribution in [2.75, 3.05) is 13.1 Å². The number of hydrogen-bond acceptors (Lipinski definition) is 2. The predicted molar refractivity (Wildman–Crippen MR) is 72.2 cm³/mol. The Labute approximate surface area is 103 Å². The lowest BCUT2D eigenvalue weighted by Gasteiger charge is -2.24. The molecular weight excluding hydrogens is 214 g/mol. The molecule has 1 saturated carbocycles. The first-order chi connectivity index (χ1) is 7.68. The Kier molecular flexibility index (Phi) is 4.04. The molecule has 0 spiro atoms. The SMILES string of the molecule is CC(C)(CNCC1CCCC1)c1cccs1. The van der Waals surface area contributed by atoms with Crippen LogP contribution in [0.15, 0.2) is 17.5 Å². The first-order valence-corrected chi connectivity index (χ1v) is 7.31. The summed E-state index contributed by atoms with van der Waals surface area (Å²) >= 11 is 1.87. The quantitative estimate of drug-likeness (QED) is 0.821. The van der Waals surface area contributed by atoms with Crippen LogP contribution in [0.1, 0.15) is 44.4 Å². The summed E-state index contributed by atoms with van der Waals surface area (Å²) in [6.45, 7) is 6.99. The van der Waals surface area contributed by atoms with Gasteiger partial charge in [-0.05, 0) is 36.8 Å². The van der Waals surface area contributed by atoms with E-state index in [0.29, 0.717) is 0 Å². The molecular formula is C14H23NS. The summed E-state index contributed by atoms with van der Waals surface area (Å²) in [5.74, 6) is 0.944. The lowest BCUT2D eigenvalue weighted by atomic mass is 9.91. The van der Waals surface area contributed by atoms with Gasteiger partial charge >= 0.3 is 0 Å². The molecule has 90 valence electrons. The van der Waals surface area contributed by atoms with E-state index in [1.807, 2.05) is 11.3 Å². The van der Waals surface area contributed by atoms with Crippen molar-refractivity contribution >= 4 is 11.3 Å². The van der Waals surface area contributed by atoms with Gasteiger partial charge in [0.15, 0.2) is 0 Å². The van der Waals surface area contributed by atoms with Crippen LogP contribution in [0, 0.1) is 5.92 Å². The lowest BCUT2D eigenvalue weighted by molar-refractivity contribution is 0.426. The summed E-state index contributed by atoms with van der Waals surface area (Å²) < 4.78 is 0. The maximum atomic E-state index is 3.66. The second-order valence-electron chi connectivity index (χ2n) is 5.64. The van der Waals surface area contributed by atoms with Crippen LogP contribution < -0.4 is 5.32 Å². The van der Waals surface area contributed by atoms with Crippen LogP contribution in [0.25, 0.3) is 0 Å². The van der Waals surface area contributed by atoms with Crippen molar-refractivity contribution in [2.45, 2.75) is 44.9 Å². The summed E-state index contributed by atoms with van der Waals surface area (Å²) in [5.41, 5.74) is 0.284. The zero-order valence-electron chi connectivity index (χ0n) is 10.5. The van der Waals surface area contributed by atoms with Gasteiger partial charge in [0.2, 0.25) is 0 Å². The average molecular weight is 237 g/mol. The zero-order valence-corrected chi connectivity index (χ0v) is 11.3. The maximum absolute atomic E-state index is 3.66. The van der Waals surface area contributed by atoms with Crippen molar-refractivity contribution in [1.29, 1.82) is 0 Å². The van der Waals surface area contributed by atoms with Gasteiger partial charge in [-0.15, -0.1) is 11.3 Å². The van der Waals surface area contributed by atoms with E-state index in [0.717, 1.165) is 12.5 Å². The summed E-state index contributed by atoms with van der Waals surface area (Å²) in [6, 6.07) is 4.40. The highest BCUT2D eigenvalue weighted by molar-refractivity contribution is 7.10. The van der Waals surface area contributed by atoms with E-state index in [1.54, 1.807) is 0 Å². The maximum Gasteiger partial charge on any atom is 0.0115 e. The Morgan fingerprint density at radius 1 is 1.38 bits per heavy atom. The van der Waals surface area contributed by atoms with Crippen LogP contribution in [0.3, 0.4) is 0 Å². The molecule has 2 rings (SSSR count). The normalized spacial score (nSPS) is 18.1. The van der Waals surface area contributed by atoms with Gasteiger partial charge in [-0.3, -0.25) is 0 Å². The molecule has 0 radical (unpaired) electrons. The minimum absolute atomic E-state index is 0.284. The smallest absolute Gasteiger partial charge is 0.0115 e. The lowest BCUT2D eigenvalue weighted by Crippen LogP contribution is -2.34. The fourth-order valence-electron chi connectivity index (χ4n) is 2.55. The van der Waals surface area contributed by atoms with Crippen molar-refractivity contribution in [3.05, 3.63) is 22.4 Å². The second-order valence-corrected chi connectivity index (χ2v) is 6.59. The zero-order chi connectivity index (χ0) is 11.4. The highest BCUT2D eigenvalue weighted by atomic mass is 32.1. The van der Waals surface area contributed by atoms with Crippen molar-refractivity contribution in [1.82, 2.24) is 5.32 Å². The molecule has 16 heavy (non-hydrogen) atoms. The highest BCUT2D eigenvalue weighted by Crippen LogP contribution is 2.27. The third kappa shape index (κ3) is 3.08. The Morgan fingerprint density at radius 3 is 2.75 bits per heavy atom. The molecule has 0 saturated heterocycles. The molecule has 1 aliphatic rings. The standard InChI is InChI=1S/C14H23NS/c1-14(2,13-8-5-9-16-13)11-15-10-12-6-3-4-7-12/h5,8-9,12,15H,3-4,6-7,10-11H2,1-2H3. The first-order valence-electron chi connectivity index (χ1n) is 6.43. The summed E-state index contributed by atoms with van der Waals surface area (Å²) in [6.07, 6.45) is 5.76. The molecule has 2 heteroatoms. The molecule has 0 unspecified atom stereocenters. The monoisotopic (exact) mass is 237 g/mol. The van der Waals surface area contributed by atoms with Crippen LogP contribution in [0.5, 0.6) is 0 Å². The van der Waals surface area contributed by atoms with Gasteiger partial charge < -0.3 is 5.32 Å². The second kappa shape index (κ2) is 5.33. The van der Waals surface area contributed by atoms with Gasteiger partial charge in [0.05, 0.1) is 0 Å². The molecule has 1 aromatic heterocycles. The molecule has 0 aromatic carbocycles. The average Bonchev–Trinajstić information content (AvgIpc) is 2.90. The molecule has 0 amide bonds. The Bertz CT molecular complexity index is 297. The van der Waals surface area contributed by atoms with E-state index >= 15 is 0 Å². The fourth-order valence-corrected chi connectivity index (χ4v) is 3.41. The first kappa shape index (κ1) is 12.1. The van der Waals surface area contributed by atoms with E-state index in [2.05, 4.69) is 36.7 Å². The molecule has 1 N–H and O–H groups in total. The number of hydrogen-bond donors (Lipinski definition) is 1. The number of thiophene rings is 1. The van der Waals surface area contributed by atoms with Gasteiger partial charge in [0.25, 0.3) is 0 Å². The molecule has 0 aliphatic heterocycles. The van der Waals surface area contributed by atoms with E-state index in [9.17, 15) is 0 Å². The van der Waals surface area contributed by atoms with Crippen molar-refractivity contribution in [3.8, 4) is 0 Å². The van der Waals surface area contributed by atoms with E-state index in [4.69, 9.17) is 0 Å². The minimum Gasteiger partial charge on any atom is -0.316 e.